The second kappa shape index (κ2) is 8.32. The number of rotatable bonds is 4. The summed E-state index contributed by atoms with van der Waals surface area (Å²) < 4.78 is 18.0. The Bertz CT molecular complexity index is 1870. The van der Waals surface area contributed by atoms with E-state index >= 15 is 0 Å². The van der Waals surface area contributed by atoms with E-state index in [2.05, 4.69) is 41.4 Å². The molecule has 0 bridgehead atoms. The predicted octanol–water partition coefficient (Wildman–Crippen LogP) is 7.55. The predicted molar refractivity (Wildman–Crippen MR) is 151 cm³/mol. The van der Waals surface area contributed by atoms with Gasteiger partial charge in [0, 0.05) is 44.3 Å². The van der Waals surface area contributed by atoms with Gasteiger partial charge in [-0.25, -0.2) is 0 Å². The topological polar surface area (TPSA) is 63.7 Å². The Morgan fingerprint density at radius 3 is 2.11 bits per heavy atom. The lowest BCUT2D eigenvalue weighted by Gasteiger charge is -2.37. The summed E-state index contributed by atoms with van der Waals surface area (Å²) in [4.78, 5) is 3.64. The van der Waals surface area contributed by atoms with Gasteiger partial charge in [-0.05, 0) is 48.6 Å². The van der Waals surface area contributed by atoms with Crippen molar-refractivity contribution < 1.29 is 19.3 Å². The zero-order valence-electron chi connectivity index (χ0n) is 21.0. The van der Waals surface area contributed by atoms with E-state index in [0.717, 1.165) is 66.5 Å². The minimum Gasteiger partial charge on any atom is -0.508 e. The van der Waals surface area contributed by atoms with Gasteiger partial charge in [0.1, 0.15) is 23.0 Å². The first-order chi connectivity index (χ1) is 18.6. The van der Waals surface area contributed by atoms with E-state index in [4.69, 9.17) is 14.2 Å². The number of hydrogen-bond acceptors (Lipinski definition) is 4. The highest BCUT2D eigenvalue weighted by Crippen LogP contribution is 2.49. The van der Waals surface area contributed by atoms with Crippen molar-refractivity contribution in [2.75, 3.05) is 14.2 Å². The molecule has 1 atom stereocenters. The van der Waals surface area contributed by atoms with Gasteiger partial charge in [-0.15, -0.1) is 0 Å². The number of fused-ring (bicyclic) bond motifs is 8. The summed E-state index contributed by atoms with van der Waals surface area (Å²) in [6.07, 6.45) is 4.28. The minimum atomic E-state index is -0.904. The smallest absolute Gasteiger partial charge is 0.178 e. The third-order valence-corrected chi connectivity index (χ3v) is 7.52. The van der Waals surface area contributed by atoms with E-state index in [1.165, 1.54) is 0 Å². The van der Waals surface area contributed by atoms with Crippen LogP contribution >= 0.6 is 0 Å². The Morgan fingerprint density at radius 1 is 0.737 bits per heavy atom. The molecule has 5 aromatic carbocycles. The van der Waals surface area contributed by atoms with E-state index < -0.39 is 5.60 Å². The maximum Gasteiger partial charge on any atom is 0.178 e. The van der Waals surface area contributed by atoms with Crippen molar-refractivity contribution in [2.45, 2.75) is 5.60 Å². The molecule has 1 aromatic heterocycles. The van der Waals surface area contributed by atoms with Crippen LogP contribution in [-0.4, -0.2) is 24.3 Å². The first kappa shape index (κ1) is 22.3. The third-order valence-electron chi connectivity index (χ3n) is 7.52. The molecule has 1 unspecified atom stereocenters. The largest absolute Gasteiger partial charge is 0.508 e. The highest BCUT2D eigenvalue weighted by Gasteiger charge is 2.38. The summed E-state index contributed by atoms with van der Waals surface area (Å²) in [5, 5.41) is 14.4. The van der Waals surface area contributed by atoms with Gasteiger partial charge in [-0.1, -0.05) is 48.5 Å². The van der Waals surface area contributed by atoms with Crippen LogP contribution in [-0.2, 0) is 5.60 Å². The van der Waals surface area contributed by atoms with Gasteiger partial charge >= 0.3 is 0 Å². The fourth-order valence-electron chi connectivity index (χ4n) is 5.63. The van der Waals surface area contributed by atoms with Gasteiger partial charge in [-0.3, -0.25) is 0 Å². The van der Waals surface area contributed by atoms with E-state index in [1.807, 2.05) is 54.6 Å². The monoisotopic (exact) mass is 499 g/mol. The fraction of sp³-hybridized carbons (Fsp3) is 0.0909. The van der Waals surface area contributed by atoms with E-state index in [1.54, 1.807) is 26.4 Å². The normalized spacial score (nSPS) is 16.5. The Hall–Kier alpha value is -4.90. The summed E-state index contributed by atoms with van der Waals surface area (Å²) in [5.41, 5.74) is 4.07. The maximum absolute atomic E-state index is 10.0. The Balaban J connectivity index is 1.54. The van der Waals surface area contributed by atoms with Gasteiger partial charge < -0.3 is 24.3 Å². The van der Waals surface area contributed by atoms with Crippen molar-refractivity contribution in [1.29, 1.82) is 0 Å². The number of methoxy groups -OCH3 is 2. The average molecular weight is 500 g/mol. The molecule has 1 aliphatic rings. The van der Waals surface area contributed by atoms with Crippen molar-refractivity contribution in [3.8, 4) is 23.0 Å². The highest BCUT2D eigenvalue weighted by atomic mass is 16.5. The molecule has 2 N–H and O–H groups in total. The second-order valence-corrected chi connectivity index (χ2v) is 9.52. The lowest BCUT2D eigenvalue weighted by molar-refractivity contribution is 0.164. The summed E-state index contributed by atoms with van der Waals surface area (Å²) in [7, 11) is 3.34. The number of ether oxygens (including phenoxy) is 3. The molecule has 5 nitrogen and oxygen atoms in total. The fourth-order valence-corrected chi connectivity index (χ4v) is 5.63. The van der Waals surface area contributed by atoms with Crippen LogP contribution in [0, 0.1) is 0 Å². The van der Waals surface area contributed by atoms with E-state index in [-0.39, 0.29) is 5.75 Å². The van der Waals surface area contributed by atoms with Gasteiger partial charge in [0.05, 0.1) is 25.3 Å². The lowest BCUT2D eigenvalue weighted by Crippen LogP contribution is -2.34. The van der Waals surface area contributed by atoms with Crippen LogP contribution in [0.15, 0.2) is 97.1 Å². The number of nitrogens with one attached hydrogen (secondary N) is 1. The molecule has 0 amide bonds. The summed E-state index contributed by atoms with van der Waals surface area (Å²) in [6, 6.07) is 29.6. The molecule has 38 heavy (non-hydrogen) atoms. The standard InChI is InChI=1S/C33H25NO4/c1-36-23-13-9-21(10-14-23)33(20-7-11-22(35)12-8-20)18-17-28-30-27-16-15-24(37-2)19-29(27)34-31(30)25-5-3-4-6-26(25)32(28)38-33/h3-19,34-35H,1-2H3. The number of H-pyrrole nitrogens is 1. The van der Waals surface area contributed by atoms with Crippen LogP contribution in [0.2, 0.25) is 0 Å². The lowest BCUT2D eigenvalue weighted by atomic mass is 9.82. The van der Waals surface area contributed by atoms with Crippen molar-refractivity contribution in [3.05, 3.63) is 114 Å². The van der Waals surface area contributed by atoms with Crippen molar-refractivity contribution in [1.82, 2.24) is 4.98 Å². The van der Waals surface area contributed by atoms with Crippen molar-refractivity contribution in [2.24, 2.45) is 0 Å². The van der Waals surface area contributed by atoms with Gasteiger partial charge in [-0.2, -0.15) is 0 Å². The average Bonchev–Trinajstić information content (AvgIpc) is 3.36. The molecular formula is C33H25NO4. The van der Waals surface area contributed by atoms with Gasteiger partial charge in [0.2, 0.25) is 0 Å². The molecule has 6 aromatic rings. The molecular weight excluding hydrogens is 474 g/mol. The summed E-state index contributed by atoms with van der Waals surface area (Å²) in [6.45, 7) is 0. The van der Waals surface area contributed by atoms with Gasteiger partial charge in [0.25, 0.3) is 0 Å². The maximum atomic E-state index is 10.0. The van der Waals surface area contributed by atoms with Crippen LogP contribution in [0.3, 0.4) is 0 Å². The summed E-state index contributed by atoms with van der Waals surface area (Å²) >= 11 is 0. The molecule has 0 radical (unpaired) electrons. The molecule has 7 rings (SSSR count). The molecule has 0 saturated carbocycles. The van der Waals surface area contributed by atoms with Gasteiger partial charge in [0.15, 0.2) is 5.60 Å². The second-order valence-electron chi connectivity index (χ2n) is 9.52. The molecule has 0 saturated heterocycles. The SMILES string of the molecule is COc1ccc(C2(c3ccc(O)cc3)C=Cc3c(c4ccccc4c4[nH]c5cc(OC)ccc5c34)O2)cc1. The molecule has 5 heteroatoms. The number of phenolic OH excluding ortho intramolecular Hbond substituents is 1. The Labute approximate surface area is 219 Å². The van der Waals surface area contributed by atoms with Crippen LogP contribution < -0.4 is 14.2 Å². The number of hydrogen-bond donors (Lipinski definition) is 2. The third kappa shape index (κ3) is 3.18. The van der Waals surface area contributed by atoms with Crippen LogP contribution in [0.4, 0.5) is 0 Å². The number of aromatic amines is 1. The molecule has 1 aliphatic heterocycles. The zero-order chi connectivity index (χ0) is 25.9. The van der Waals surface area contributed by atoms with E-state index in [9.17, 15) is 5.11 Å². The molecule has 0 spiro atoms. The zero-order valence-corrected chi connectivity index (χ0v) is 21.0. The number of benzene rings is 5. The van der Waals surface area contributed by atoms with Crippen molar-refractivity contribution in [3.63, 3.8) is 0 Å². The van der Waals surface area contributed by atoms with Crippen LogP contribution in [0.25, 0.3) is 38.7 Å². The molecule has 0 aliphatic carbocycles. The number of aromatic hydroxyl groups is 1. The first-order valence-corrected chi connectivity index (χ1v) is 12.5. The van der Waals surface area contributed by atoms with Crippen LogP contribution in [0.1, 0.15) is 16.7 Å². The molecule has 2 heterocycles. The van der Waals surface area contributed by atoms with Crippen molar-refractivity contribution >= 4 is 38.7 Å². The number of aromatic nitrogens is 1. The molecule has 186 valence electrons. The van der Waals surface area contributed by atoms with Crippen LogP contribution in [0.5, 0.6) is 23.0 Å². The minimum absolute atomic E-state index is 0.209. The quantitative estimate of drug-likeness (QED) is 0.263. The Morgan fingerprint density at radius 2 is 1.39 bits per heavy atom. The van der Waals surface area contributed by atoms with E-state index in [0.29, 0.717) is 0 Å². The Kier molecular flexibility index (Phi) is 4.88. The summed E-state index contributed by atoms with van der Waals surface area (Å²) in [5.74, 6) is 2.60. The highest BCUT2D eigenvalue weighted by molar-refractivity contribution is 6.22. The first-order valence-electron chi connectivity index (χ1n) is 12.5. The number of phenols is 1. The molecule has 0 fully saturated rings.